The molecule has 0 fully saturated rings. The summed E-state index contributed by atoms with van der Waals surface area (Å²) in [6, 6.07) is 8.86. The van der Waals surface area contributed by atoms with E-state index in [1.165, 1.54) is 11.3 Å². The van der Waals surface area contributed by atoms with Crippen LogP contribution < -0.4 is 10.0 Å². The van der Waals surface area contributed by atoms with E-state index in [1.54, 1.807) is 18.2 Å². The summed E-state index contributed by atoms with van der Waals surface area (Å²) < 4.78 is 27.2. The second-order valence-corrected chi connectivity index (χ2v) is 8.19. The number of amides is 1. The fraction of sp³-hybridized carbons (Fsp3) is 0.214. The summed E-state index contributed by atoms with van der Waals surface area (Å²) in [4.78, 5) is 12.3. The number of fused-ring (bicyclic) bond motifs is 1. The first-order chi connectivity index (χ1) is 9.94. The van der Waals surface area contributed by atoms with Crippen LogP contribution in [0.15, 0.2) is 34.5 Å². The minimum atomic E-state index is -3.48. The van der Waals surface area contributed by atoms with Crippen molar-refractivity contribution in [3.63, 3.8) is 0 Å². The van der Waals surface area contributed by atoms with Crippen molar-refractivity contribution in [2.75, 3.05) is 5.32 Å². The van der Waals surface area contributed by atoms with Gasteiger partial charge in [0, 0.05) is 17.1 Å². The number of carbonyl (C=O) groups excluding carboxylic acids is 1. The Labute approximate surface area is 127 Å². The average molecular weight is 322 g/mol. The third kappa shape index (κ3) is 2.99. The molecule has 7 heteroatoms. The topological polar surface area (TPSA) is 75.3 Å². The largest absolute Gasteiger partial charge is 0.326 e. The lowest BCUT2D eigenvalue weighted by molar-refractivity contribution is -0.115. The molecule has 3 rings (SSSR count). The summed E-state index contributed by atoms with van der Waals surface area (Å²) in [6.45, 7) is 2.08. The van der Waals surface area contributed by atoms with Crippen LogP contribution in [-0.4, -0.2) is 14.3 Å². The minimum Gasteiger partial charge on any atom is -0.326 e. The first-order valence-corrected chi connectivity index (χ1v) is 8.72. The zero-order chi connectivity index (χ0) is 15.0. The number of hydrogen-bond acceptors (Lipinski definition) is 4. The molecule has 1 aromatic heterocycles. The van der Waals surface area contributed by atoms with Crippen LogP contribution >= 0.6 is 11.3 Å². The maximum Gasteiger partial charge on any atom is 0.250 e. The quantitative estimate of drug-likeness (QED) is 0.904. The molecule has 2 heterocycles. The Bertz CT molecular complexity index is 809. The van der Waals surface area contributed by atoms with Crippen molar-refractivity contribution in [2.24, 2.45) is 0 Å². The van der Waals surface area contributed by atoms with E-state index in [0.717, 1.165) is 21.7 Å². The van der Waals surface area contributed by atoms with Gasteiger partial charge >= 0.3 is 0 Å². The first kappa shape index (κ1) is 14.2. The number of thiophene rings is 1. The lowest BCUT2D eigenvalue weighted by Crippen LogP contribution is -2.22. The number of benzene rings is 1. The van der Waals surface area contributed by atoms with Crippen LogP contribution in [0.4, 0.5) is 5.69 Å². The summed E-state index contributed by atoms with van der Waals surface area (Å²) in [5, 5.41) is 2.75. The second-order valence-electron chi connectivity index (χ2n) is 4.91. The summed E-state index contributed by atoms with van der Waals surface area (Å²) in [5.74, 6) is -0.0307. The Kier molecular flexibility index (Phi) is 3.56. The van der Waals surface area contributed by atoms with Gasteiger partial charge in [0.2, 0.25) is 15.9 Å². The Morgan fingerprint density at radius 3 is 2.81 bits per heavy atom. The molecule has 0 saturated heterocycles. The van der Waals surface area contributed by atoms with E-state index in [2.05, 4.69) is 10.0 Å². The Morgan fingerprint density at radius 2 is 2.10 bits per heavy atom. The van der Waals surface area contributed by atoms with Crippen molar-refractivity contribution in [3.05, 3.63) is 46.3 Å². The normalized spacial score (nSPS) is 14.0. The monoisotopic (exact) mass is 322 g/mol. The van der Waals surface area contributed by atoms with Gasteiger partial charge in [-0.3, -0.25) is 4.79 Å². The van der Waals surface area contributed by atoms with Gasteiger partial charge in [0.05, 0.1) is 6.42 Å². The highest BCUT2D eigenvalue weighted by atomic mass is 32.2. The van der Waals surface area contributed by atoms with Gasteiger partial charge in [-0.15, -0.1) is 11.3 Å². The molecule has 0 atom stereocenters. The smallest absolute Gasteiger partial charge is 0.250 e. The summed E-state index contributed by atoms with van der Waals surface area (Å²) in [5.41, 5.74) is 2.55. The zero-order valence-corrected chi connectivity index (χ0v) is 13.0. The molecule has 0 spiro atoms. The average Bonchev–Trinajstić information content (AvgIpc) is 3.01. The van der Waals surface area contributed by atoms with Gasteiger partial charge in [-0.25, -0.2) is 13.1 Å². The molecular formula is C14H14N2O3S2. The van der Waals surface area contributed by atoms with Gasteiger partial charge in [0.15, 0.2) is 0 Å². The zero-order valence-electron chi connectivity index (χ0n) is 11.3. The molecule has 2 aromatic rings. The van der Waals surface area contributed by atoms with E-state index in [1.807, 2.05) is 19.1 Å². The van der Waals surface area contributed by atoms with Crippen molar-refractivity contribution in [2.45, 2.75) is 24.1 Å². The van der Waals surface area contributed by atoms with Crippen molar-refractivity contribution in [3.8, 4) is 0 Å². The highest BCUT2D eigenvalue weighted by molar-refractivity contribution is 7.91. The summed E-state index contributed by atoms with van der Waals surface area (Å²) in [6.07, 6.45) is 0.347. The van der Waals surface area contributed by atoms with Crippen molar-refractivity contribution in [1.29, 1.82) is 0 Å². The van der Waals surface area contributed by atoms with Crippen LogP contribution in [0, 0.1) is 6.92 Å². The van der Waals surface area contributed by atoms with Gasteiger partial charge in [-0.05, 0) is 36.2 Å². The molecule has 1 aliphatic heterocycles. The van der Waals surface area contributed by atoms with E-state index < -0.39 is 10.0 Å². The van der Waals surface area contributed by atoms with Crippen LogP contribution in [0.3, 0.4) is 0 Å². The molecule has 110 valence electrons. The predicted molar refractivity (Wildman–Crippen MR) is 81.9 cm³/mol. The lowest BCUT2D eigenvalue weighted by atomic mass is 10.1. The molecular weight excluding hydrogens is 308 g/mol. The maximum absolute atomic E-state index is 12.1. The SMILES string of the molecule is Cc1ccc(S(=O)(=O)NCc2ccc3c(c2)CC(=O)N3)s1. The number of carbonyl (C=O) groups is 1. The van der Waals surface area contributed by atoms with E-state index >= 15 is 0 Å². The Hall–Kier alpha value is -1.70. The van der Waals surface area contributed by atoms with Gasteiger partial charge in [-0.2, -0.15) is 0 Å². The predicted octanol–water partition coefficient (Wildman–Crippen LogP) is 2.03. The Balaban J connectivity index is 1.74. The number of nitrogens with one attached hydrogen (secondary N) is 2. The standard InChI is InChI=1S/C14H14N2O3S2/c1-9-2-5-14(20-9)21(18,19)15-8-10-3-4-12-11(6-10)7-13(17)16-12/h2-6,15H,7-8H2,1H3,(H,16,17). The number of aryl methyl sites for hydroxylation is 1. The number of hydrogen-bond donors (Lipinski definition) is 2. The highest BCUT2D eigenvalue weighted by Crippen LogP contribution is 2.24. The molecule has 21 heavy (non-hydrogen) atoms. The fourth-order valence-corrected chi connectivity index (χ4v) is 4.54. The molecule has 0 unspecified atom stereocenters. The molecule has 0 bridgehead atoms. The minimum absolute atomic E-state index is 0.0307. The molecule has 0 saturated carbocycles. The van der Waals surface area contributed by atoms with Gasteiger partial charge in [0.1, 0.15) is 4.21 Å². The molecule has 5 nitrogen and oxygen atoms in total. The Morgan fingerprint density at radius 1 is 1.29 bits per heavy atom. The molecule has 2 N–H and O–H groups in total. The van der Waals surface area contributed by atoms with Crippen LogP contribution in [0.1, 0.15) is 16.0 Å². The van der Waals surface area contributed by atoms with E-state index in [-0.39, 0.29) is 12.5 Å². The third-order valence-corrected chi connectivity index (χ3v) is 6.14. The highest BCUT2D eigenvalue weighted by Gasteiger charge is 2.19. The number of sulfonamides is 1. The van der Waals surface area contributed by atoms with Gasteiger partial charge in [-0.1, -0.05) is 12.1 Å². The summed E-state index contributed by atoms with van der Waals surface area (Å²) >= 11 is 1.25. The van der Waals surface area contributed by atoms with Crippen molar-refractivity contribution >= 4 is 33.0 Å². The van der Waals surface area contributed by atoms with Crippen LogP contribution in [0.5, 0.6) is 0 Å². The molecule has 1 amide bonds. The lowest BCUT2D eigenvalue weighted by Gasteiger charge is -2.06. The summed E-state index contributed by atoms with van der Waals surface area (Å²) in [7, 11) is -3.48. The number of anilines is 1. The van der Waals surface area contributed by atoms with E-state index in [4.69, 9.17) is 0 Å². The van der Waals surface area contributed by atoms with Crippen molar-refractivity contribution in [1.82, 2.24) is 4.72 Å². The third-order valence-electron chi connectivity index (χ3n) is 3.24. The number of rotatable bonds is 4. The molecule has 0 radical (unpaired) electrons. The van der Waals surface area contributed by atoms with Gasteiger partial charge < -0.3 is 5.32 Å². The molecule has 1 aliphatic rings. The van der Waals surface area contributed by atoms with Crippen LogP contribution in [0.25, 0.3) is 0 Å². The van der Waals surface area contributed by atoms with E-state index in [9.17, 15) is 13.2 Å². The maximum atomic E-state index is 12.1. The van der Waals surface area contributed by atoms with Crippen LogP contribution in [-0.2, 0) is 27.8 Å². The first-order valence-electron chi connectivity index (χ1n) is 6.42. The fourth-order valence-electron chi connectivity index (χ4n) is 2.20. The van der Waals surface area contributed by atoms with Crippen LogP contribution in [0.2, 0.25) is 0 Å². The molecule has 1 aromatic carbocycles. The molecule has 0 aliphatic carbocycles. The van der Waals surface area contributed by atoms with E-state index in [0.29, 0.717) is 10.6 Å². The second kappa shape index (κ2) is 5.25. The van der Waals surface area contributed by atoms with Crippen molar-refractivity contribution < 1.29 is 13.2 Å². The van der Waals surface area contributed by atoms with Gasteiger partial charge in [0.25, 0.3) is 0 Å².